The second-order valence-corrected chi connectivity index (χ2v) is 9.30. The van der Waals surface area contributed by atoms with Gasteiger partial charge in [-0.15, -0.1) is 0 Å². The van der Waals surface area contributed by atoms with E-state index in [4.69, 9.17) is 0 Å². The van der Waals surface area contributed by atoms with Gasteiger partial charge in [-0.05, 0) is 35.1 Å². The number of nitrogens with zero attached hydrogens (tertiary/aromatic N) is 3. The first kappa shape index (κ1) is 20.1. The number of hydrogen-bond acceptors (Lipinski definition) is 4. The molecular formula is C23H29N3O2. The Morgan fingerprint density at radius 3 is 2.14 bits per heavy atom. The third-order valence-electron chi connectivity index (χ3n) is 4.98. The molecule has 0 fully saturated rings. The fourth-order valence-electron chi connectivity index (χ4n) is 3.40. The Bertz CT molecular complexity index is 1010. The molecule has 3 rings (SSSR count). The van der Waals surface area contributed by atoms with Crippen LogP contribution in [0.5, 0.6) is 5.75 Å². The average molecular weight is 380 g/mol. The van der Waals surface area contributed by atoms with Crippen molar-refractivity contribution in [3.63, 3.8) is 0 Å². The second kappa shape index (κ2) is 6.73. The van der Waals surface area contributed by atoms with Gasteiger partial charge in [0.25, 0.3) is 0 Å². The van der Waals surface area contributed by atoms with E-state index in [1.165, 1.54) is 4.68 Å². The molecule has 0 saturated heterocycles. The Morgan fingerprint density at radius 2 is 1.64 bits per heavy atom. The van der Waals surface area contributed by atoms with Crippen LogP contribution in [0, 0.1) is 0 Å². The van der Waals surface area contributed by atoms with Crippen LogP contribution in [0.2, 0.25) is 0 Å². The molecule has 0 aliphatic rings. The van der Waals surface area contributed by atoms with Crippen LogP contribution >= 0.6 is 0 Å². The molecule has 1 N–H and O–H groups in total. The van der Waals surface area contributed by atoms with Crippen LogP contribution in [0.25, 0.3) is 22.3 Å². The summed E-state index contributed by atoms with van der Waals surface area (Å²) in [5.74, 6) is 0.232. The maximum atomic E-state index is 12.4. The molecule has 0 aliphatic heterocycles. The van der Waals surface area contributed by atoms with E-state index in [0.29, 0.717) is 23.5 Å². The van der Waals surface area contributed by atoms with E-state index in [0.717, 1.165) is 22.1 Å². The molecule has 0 amide bonds. The van der Waals surface area contributed by atoms with Crippen molar-refractivity contribution in [3.8, 4) is 17.0 Å². The van der Waals surface area contributed by atoms with Crippen LogP contribution in [-0.4, -0.2) is 25.8 Å². The van der Waals surface area contributed by atoms with Crippen molar-refractivity contribution in [2.24, 2.45) is 0 Å². The van der Waals surface area contributed by atoms with Gasteiger partial charge in [-0.1, -0.05) is 48.5 Å². The van der Waals surface area contributed by atoms with Crippen molar-refractivity contribution in [3.05, 3.63) is 41.6 Å². The van der Waals surface area contributed by atoms with Crippen molar-refractivity contribution >= 4 is 16.9 Å². The van der Waals surface area contributed by atoms with Crippen LogP contribution in [0.1, 0.15) is 70.8 Å². The molecule has 0 spiro atoms. The highest BCUT2D eigenvalue weighted by atomic mass is 16.3. The average Bonchev–Trinajstić information content (AvgIpc) is 2.99. The van der Waals surface area contributed by atoms with E-state index >= 15 is 0 Å². The van der Waals surface area contributed by atoms with Crippen LogP contribution in [-0.2, 0) is 10.8 Å². The lowest BCUT2D eigenvalue weighted by molar-refractivity contribution is 0.0898. The molecule has 28 heavy (non-hydrogen) atoms. The van der Waals surface area contributed by atoms with Crippen LogP contribution in [0.15, 0.2) is 30.5 Å². The fraction of sp³-hybridized carbons (Fsp3) is 0.435. The summed E-state index contributed by atoms with van der Waals surface area (Å²) in [4.78, 5) is 16.8. The number of aromatic hydroxyl groups is 1. The summed E-state index contributed by atoms with van der Waals surface area (Å²) in [5.41, 5.74) is 3.40. The monoisotopic (exact) mass is 379 g/mol. The fourth-order valence-corrected chi connectivity index (χ4v) is 3.40. The van der Waals surface area contributed by atoms with E-state index in [2.05, 4.69) is 51.6 Å². The first-order chi connectivity index (χ1) is 12.9. The van der Waals surface area contributed by atoms with E-state index in [9.17, 15) is 9.90 Å². The molecule has 1 aromatic carbocycles. The Hall–Kier alpha value is -2.69. The normalized spacial score (nSPS) is 12.5. The highest BCUT2D eigenvalue weighted by Crippen LogP contribution is 2.42. The predicted octanol–water partition coefficient (Wildman–Crippen LogP) is 5.45. The van der Waals surface area contributed by atoms with Crippen LogP contribution in [0.3, 0.4) is 0 Å². The minimum atomic E-state index is -0.240. The molecule has 5 heteroatoms. The lowest BCUT2D eigenvalue weighted by atomic mass is 9.78. The summed E-state index contributed by atoms with van der Waals surface area (Å²) in [6, 6.07) is 7.76. The van der Waals surface area contributed by atoms with Gasteiger partial charge in [0, 0.05) is 34.7 Å². The zero-order valence-corrected chi connectivity index (χ0v) is 17.8. The highest BCUT2D eigenvalue weighted by molar-refractivity contribution is 5.97. The molecule has 0 saturated carbocycles. The molecule has 0 radical (unpaired) electrons. The van der Waals surface area contributed by atoms with Gasteiger partial charge < -0.3 is 5.11 Å². The van der Waals surface area contributed by atoms with E-state index < -0.39 is 0 Å². The summed E-state index contributed by atoms with van der Waals surface area (Å²) in [6.07, 6.45) is 2.02. The third kappa shape index (κ3) is 3.41. The van der Waals surface area contributed by atoms with Crippen LogP contribution in [0.4, 0.5) is 0 Å². The number of fused-ring (bicyclic) bond motifs is 1. The third-order valence-corrected chi connectivity index (χ3v) is 4.98. The van der Waals surface area contributed by atoms with Crippen molar-refractivity contribution in [2.75, 3.05) is 0 Å². The topological polar surface area (TPSA) is 68.0 Å². The number of carbonyl (C=O) groups excluding carboxylic acids is 1. The molecule has 148 valence electrons. The first-order valence-electron chi connectivity index (χ1n) is 9.70. The lowest BCUT2D eigenvalue weighted by Gasteiger charge is -2.28. The molecule has 0 aliphatic carbocycles. The van der Waals surface area contributed by atoms with Gasteiger partial charge in [0.15, 0.2) is 5.65 Å². The molecule has 5 nitrogen and oxygen atoms in total. The quantitative estimate of drug-likeness (QED) is 0.643. The number of phenols is 1. The van der Waals surface area contributed by atoms with Gasteiger partial charge in [-0.2, -0.15) is 9.78 Å². The summed E-state index contributed by atoms with van der Waals surface area (Å²) in [7, 11) is 0. The molecule has 2 heterocycles. The number of benzene rings is 1. The zero-order chi connectivity index (χ0) is 20.9. The maximum Gasteiger partial charge on any atom is 0.248 e. The van der Waals surface area contributed by atoms with Gasteiger partial charge in [-0.3, -0.25) is 4.79 Å². The summed E-state index contributed by atoms with van der Waals surface area (Å²) < 4.78 is 1.39. The summed E-state index contributed by atoms with van der Waals surface area (Å²) in [6.45, 7) is 14.3. The van der Waals surface area contributed by atoms with Crippen LogP contribution < -0.4 is 0 Å². The number of rotatable bonds is 2. The first-order valence-corrected chi connectivity index (χ1v) is 9.70. The Kier molecular flexibility index (Phi) is 4.82. The minimum Gasteiger partial charge on any atom is -0.507 e. The maximum absolute atomic E-state index is 12.4. The summed E-state index contributed by atoms with van der Waals surface area (Å²) in [5, 5.41) is 16.4. The summed E-state index contributed by atoms with van der Waals surface area (Å²) >= 11 is 0. The molecule has 0 unspecified atom stereocenters. The second-order valence-electron chi connectivity index (χ2n) is 9.30. The number of phenolic OH excluding ortho intramolecular Hbond substituents is 1. The number of aromatic nitrogens is 3. The molecular weight excluding hydrogens is 350 g/mol. The van der Waals surface area contributed by atoms with Crippen molar-refractivity contribution in [1.82, 2.24) is 14.8 Å². The van der Waals surface area contributed by atoms with Gasteiger partial charge in [0.05, 0.1) is 0 Å². The van der Waals surface area contributed by atoms with Gasteiger partial charge in [0.2, 0.25) is 5.91 Å². The smallest absolute Gasteiger partial charge is 0.248 e. The SMILES string of the molecule is CCC(=O)n1nc(-c2cc(C(C)(C)C)c(O)c(C(C)(C)C)c2)c2cccnc21. The Morgan fingerprint density at radius 1 is 1.07 bits per heavy atom. The van der Waals surface area contributed by atoms with Gasteiger partial charge in [-0.25, -0.2) is 4.98 Å². The number of pyridine rings is 1. The van der Waals surface area contributed by atoms with Crippen molar-refractivity contribution in [2.45, 2.75) is 65.7 Å². The van der Waals surface area contributed by atoms with Gasteiger partial charge in [0.1, 0.15) is 11.4 Å². The van der Waals surface area contributed by atoms with Crippen molar-refractivity contribution in [1.29, 1.82) is 0 Å². The Labute approximate surface area is 166 Å². The van der Waals surface area contributed by atoms with E-state index in [1.807, 2.05) is 31.2 Å². The minimum absolute atomic E-state index is 0.0965. The van der Waals surface area contributed by atoms with E-state index in [-0.39, 0.29) is 16.7 Å². The predicted molar refractivity (Wildman–Crippen MR) is 113 cm³/mol. The largest absolute Gasteiger partial charge is 0.507 e. The van der Waals surface area contributed by atoms with Gasteiger partial charge >= 0.3 is 0 Å². The highest BCUT2D eigenvalue weighted by Gasteiger charge is 2.28. The molecule has 0 atom stereocenters. The Balaban J connectivity index is 2.38. The van der Waals surface area contributed by atoms with Crippen molar-refractivity contribution < 1.29 is 9.90 Å². The lowest BCUT2D eigenvalue weighted by Crippen LogP contribution is -2.17. The molecule has 0 bridgehead atoms. The van der Waals surface area contributed by atoms with E-state index in [1.54, 1.807) is 6.20 Å². The molecule has 3 aromatic rings. The zero-order valence-electron chi connectivity index (χ0n) is 17.8. The standard InChI is InChI=1S/C23H29N3O2/c1-8-18(27)26-21-15(10-9-11-24-21)19(25-26)14-12-16(22(2,3)4)20(28)17(13-14)23(5,6)7/h9-13,28H,8H2,1-7H3. The molecule has 2 aromatic heterocycles. The number of hydrogen-bond donors (Lipinski definition) is 1. The number of carbonyl (C=O) groups is 1.